The molecule has 3 aromatic rings. The molecule has 0 fully saturated rings. The van der Waals surface area contributed by atoms with Crippen LogP contribution in [-0.2, 0) is 6.54 Å². The van der Waals surface area contributed by atoms with Crippen molar-refractivity contribution in [2.24, 2.45) is 0 Å². The molecule has 0 saturated heterocycles. The van der Waals surface area contributed by atoms with E-state index in [1.165, 1.54) is 22.8 Å². The molecule has 112 valence electrons. The third-order valence-electron chi connectivity index (χ3n) is 3.43. The van der Waals surface area contributed by atoms with E-state index in [0.29, 0.717) is 11.1 Å². The largest absolute Gasteiger partial charge is 0.422 e. The maximum absolute atomic E-state index is 13.3. The van der Waals surface area contributed by atoms with Crippen molar-refractivity contribution in [2.75, 3.05) is 0 Å². The summed E-state index contributed by atoms with van der Waals surface area (Å²) < 4.78 is 32.4. The molecule has 2 aromatic carbocycles. The predicted octanol–water partition coefficient (Wildman–Crippen LogP) is 2.59. The number of benzene rings is 2. The molecule has 6 heteroatoms. The van der Waals surface area contributed by atoms with E-state index in [1.807, 2.05) is 0 Å². The van der Waals surface area contributed by atoms with Gasteiger partial charge in [-0.3, -0.25) is 4.57 Å². The molecule has 1 aromatic heterocycles. The van der Waals surface area contributed by atoms with Gasteiger partial charge >= 0.3 is 11.4 Å². The maximum atomic E-state index is 13.3. The number of rotatable bonds is 2. The molecule has 0 bridgehead atoms. The molecule has 0 saturated carbocycles. The van der Waals surface area contributed by atoms with E-state index in [1.54, 1.807) is 13.0 Å². The SMILES string of the molecule is Cc1cc(Cn2c(=O)oc(=O)c3cc(F)ccc32)ccc1F. The summed E-state index contributed by atoms with van der Waals surface area (Å²) in [6, 6.07) is 7.97. The molecular formula is C16H11F2NO3. The number of hydrogen-bond acceptors (Lipinski definition) is 3. The lowest BCUT2D eigenvalue weighted by atomic mass is 10.1. The van der Waals surface area contributed by atoms with Crippen molar-refractivity contribution in [3.63, 3.8) is 0 Å². The van der Waals surface area contributed by atoms with Gasteiger partial charge in [-0.05, 0) is 42.3 Å². The van der Waals surface area contributed by atoms with Gasteiger partial charge in [0.1, 0.15) is 11.6 Å². The van der Waals surface area contributed by atoms with Crippen LogP contribution in [-0.4, -0.2) is 4.57 Å². The molecule has 0 unspecified atom stereocenters. The zero-order valence-corrected chi connectivity index (χ0v) is 11.6. The number of fused-ring (bicyclic) bond motifs is 1. The van der Waals surface area contributed by atoms with E-state index in [0.717, 1.165) is 12.1 Å². The highest BCUT2D eigenvalue weighted by molar-refractivity contribution is 5.77. The summed E-state index contributed by atoms with van der Waals surface area (Å²) in [5.74, 6) is -1.78. The van der Waals surface area contributed by atoms with Gasteiger partial charge in [-0.2, -0.15) is 0 Å². The first-order valence-electron chi connectivity index (χ1n) is 6.54. The van der Waals surface area contributed by atoms with Crippen LogP contribution in [0.25, 0.3) is 10.9 Å². The van der Waals surface area contributed by atoms with Crippen LogP contribution in [0.15, 0.2) is 50.4 Å². The van der Waals surface area contributed by atoms with Crippen LogP contribution in [0.4, 0.5) is 8.78 Å². The van der Waals surface area contributed by atoms with Gasteiger partial charge in [-0.25, -0.2) is 18.4 Å². The van der Waals surface area contributed by atoms with Crippen molar-refractivity contribution in [1.29, 1.82) is 0 Å². The van der Waals surface area contributed by atoms with E-state index in [-0.39, 0.29) is 23.3 Å². The topological polar surface area (TPSA) is 52.2 Å². The van der Waals surface area contributed by atoms with Crippen molar-refractivity contribution < 1.29 is 13.2 Å². The standard InChI is InChI=1S/C16H11F2NO3/c1-9-6-10(2-4-13(9)18)8-19-14-5-3-11(17)7-12(14)15(20)22-16(19)21/h2-7H,8H2,1H3. The van der Waals surface area contributed by atoms with Gasteiger partial charge in [0, 0.05) is 0 Å². The highest BCUT2D eigenvalue weighted by atomic mass is 19.1. The fourth-order valence-electron chi connectivity index (χ4n) is 2.33. The van der Waals surface area contributed by atoms with Crippen LogP contribution in [0.2, 0.25) is 0 Å². The molecule has 0 aliphatic heterocycles. The molecule has 1 heterocycles. The predicted molar refractivity (Wildman–Crippen MR) is 76.9 cm³/mol. The van der Waals surface area contributed by atoms with Gasteiger partial charge < -0.3 is 4.42 Å². The number of aromatic nitrogens is 1. The van der Waals surface area contributed by atoms with Gasteiger partial charge in [0.05, 0.1) is 17.4 Å². The molecule has 0 spiro atoms. The zero-order valence-electron chi connectivity index (χ0n) is 11.6. The van der Waals surface area contributed by atoms with Gasteiger partial charge in [0.2, 0.25) is 0 Å². The molecule has 0 N–H and O–H groups in total. The maximum Gasteiger partial charge on any atom is 0.422 e. The number of halogens is 2. The Labute approximate surface area is 123 Å². The van der Waals surface area contributed by atoms with E-state index in [9.17, 15) is 18.4 Å². The van der Waals surface area contributed by atoms with E-state index in [2.05, 4.69) is 4.42 Å². The quantitative estimate of drug-likeness (QED) is 0.731. The number of hydrogen-bond donors (Lipinski definition) is 0. The Hall–Kier alpha value is -2.76. The van der Waals surface area contributed by atoms with Crippen molar-refractivity contribution >= 4 is 10.9 Å². The minimum atomic E-state index is -0.883. The van der Waals surface area contributed by atoms with Crippen LogP contribution in [0.3, 0.4) is 0 Å². The molecular weight excluding hydrogens is 292 g/mol. The summed E-state index contributed by atoms with van der Waals surface area (Å²) in [7, 11) is 0. The Morgan fingerprint density at radius 2 is 1.86 bits per heavy atom. The smallest absolute Gasteiger partial charge is 0.372 e. The lowest BCUT2D eigenvalue weighted by Crippen LogP contribution is -2.25. The van der Waals surface area contributed by atoms with Crippen LogP contribution < -0.4 is 11.4 Å². The van der Waals surface area contributed by atoms with Crippen molar-refractivity contribution in [1.82, 2.24) is 4.57 Å². The summed E-state index contributed by atoms with van der Waals surface area (Å²) in [5.41, 5.74) is 0.495. The van der Waals surface area contributed by atoms with Crippen molar-refractivity contribution in [2.45, 2.75) is 13.5 Å². The van der Waals surface area contributed by atoms with Gasteiger partial charge in [0.15, 0.2) is 0 Å². The summed E-state index contributed by atoms with van der Waals surface area (Å²) in [6.45, 7) is 1.70. The minimum absolute atomic E-state index is 0.0153. The molecule has 0 aliphatic rings. The second kappa shape index (κ2) is 5.22. The van der Waals surface area contributed by atoms with Crippen LogP contribution in [0.1, 0.15) is 11.1 Å². The first-order chi connectivity index (χ1) is 10.5. The van der Waals surface area contributed by atoms with Crippen LogP contribution >= 0.6 is 0 Å². The monoisotopic (exact) mass is 303 g/mol. The average Bonchev–Trinajstić information content (AvgIpc) is 2.47. The van der Waals surface area contributed by atoms with Gasteiger partial charge in [-0.15, -0.1) is 0 Å². The molecule has 22 heavy (non-hydrogen) atoms. The Kier molecular flexibility index (Phi) is 3.36. The Bertz CT molecular complexity index is 989. The normalized spacial score (nSPS) is 11.0. The van der Waals surface area contributed by atoms with E-state index >= 15 is 0 Å². The fourth-order valence-corrected chi connectivity index (χ4v) is 2.33. The van der Waals surface area contributed by atoms with Crippen LogP contribution in [0.5, 0.6) is 0 Å². The van der Waals surface area contributed by atoms with Gasteiger partial charge in [-0.1, -0.05) is 12.1 Å². The van der Waals surface area contributed by atoms with Crippen molar-refractivity contribution in [3.05, 3.63) is 80.1 Å². The summed E-state index contributed by atoms with van der Waals surface area (Å²) in [5, 5.41) is -0.0153. The summed E-state index contributed by atoms with van der Waals surface area (Å²) in [4.78, 5) is 23.6. The highest BCUT2D eigenvalue weighted by Gasteiger charge is 2.11. The van der Waals surface area contributed by atoms with Crippen molar-refractivity contribution in [3.8, 4) is 0 Å². The average molecular weight is 303 g/mol. The van der Waals surface area contributed by atoms with Gasteiger partial charge in [0.25, 0.3) is 0 Å². The van der Waals surface area contributed by atoms with E-state index in [4.69, 9.17) is 0 Å². The minimum Gasteiger partial charge on any atom is -0.372 e. The molecule has 4 nitrogen and oxygen atoms in total. The lowest BCUT2D eigenvalue weighted by Gasteiger charge is -2.09. The molecule has 0 amide bonds. The molecule has 3 rings (SSSR count). The Morgan fingerprint density at radius 3 is 2.59 bits per heavy atom. The first kappa shape index (κ1) is 14.2. The Balaban J connectivity index is 2.20. The number of aryl methyl sites for hydroxylation is 1. The molecule has 0 aliphatic carbocycles. The molecule has 0 radical (unpaired) electrons. The summed E-state index contributed by atoms with van der Waals surface area (Å²) in [6.07, 6.45) is 0. The Morgan fingerprint density at radius 1 is 1.09 bits per heavy atom. The molecule has 0 atom stereocenters. The lowest BCUT2D eigenvalue weighted by molar-refractivity contribution is 0.424. The third kappa shape index (κ3) is 2.43. The third-order valence-corrected chi connectivity index (χ3v) is 3.43. The number of nitrogens with zero attached hydrogens (tertiary/aromatic N) is 1. The second-order valence-electron chi connectivity index (χ2n) is 4.99. The second-order valence-corrected chi connectivity index (χ2v) is 4.99. The summed E-state index contributed by atoms with van der Waals surface area (Å²) >= 11 is 0. The first-order valence-corrected chi connectivity index (χ1v) is 6.54. The van der Waals surface area contributed by atoms with Crippen LogP contribution in [0, 0.1) is 18.6 Å². The fraction of sp³-hybridized carbons (Fsp3) is 0.125. The van der Waals surface area contributed by atoms with E-state index < -0.39 is 17.2 Å². The highest BCUT2D eigenvalue weighted by Crippen LogP contribution is 2.14. The zero-order chi connectivity index (χ0) is 15.9.